The van der Waals surface area contributed by atoms with Crippen molar-refractivity contribution >= 4 is 13.7 Å². The fourth-order valence-electron chi connectivity index (χ4n) is 5.87. The van der Waals surface area contributed by atoms with Gasteiger partial charge in [0, 0.05) is 6.54 Å². The smallest absolute Gasteiger partial charge is 0.393 e. The van der Waals surface area contributed by atoms with Crippen LogP contribution in [0.4, 0.5) is 0 Å². The van der Waals surface area contributed by atoms with E-state index in [0.717, 1.165) is 51.4 Å². The van der Waals surface area contributed by atoms with Crippen LogP contribution in [0, 0.1) is 0 Å². The lowest BCUT2D eigenvalue weighted by atomic mass is 10.0. The van der Waals surface area contributed by atoms with E-state index < -0.39 is 32.0 Å². The van der Waals surface area contributed by atoms with Crippen LogP contribution in [0.3, 0.4) is 0 Å². The van der Waals surface area contributed by atoms with Crippen LogP contribution in [0.25, 0.3) is 0 Å². The standard InChI is InChI=1S/C38H77N2O7P/c1-3-5-7-9-11-13-14-15-16-17-18-19-20-22-24-26-28-30-37(42)36(34-47-48(44,45)46-32-31-39)40-38(43)33-35(41)29-27-25-23-21-12-10-8-6-4-2/h10,12,35-37,41-42H,3-9,11,13-34,39H2,1-2H3,(H,40,43)(H,44,45)/b12-10-. The number of hydrogen-bond acceptors (Lipinski definition) is 7. The summed E-state index contributed by atoms with van der Waals surface area (Å²) in [4.78, 5) is 22.6. The van der Waals surface area contributed by atoms with Gasteiger partial charge in [-0.15, -0.1) is 0 Å². The number of phosphoric acid groups is 1. The van der Waals surface area contributed by atoms with Gasteiger partial charge in [-0.05, 0) is 32.1 Å². The van der Waals surface area contributed by atoms with Crippen molar-refractivity contribution in [3.8, 4) is 0 Å². The first kappa shape index (κ1) is 47.2. The number of amides is 1. The van der Waals surface area contributed by atoms with Gasteiger partial charge in [0.15, 0.2) is 0 Å². The van der Waals surface area contributed by atoms with Crippen LogP contribution in [-0.4, -0.2) is 59.0 Å². The molecule has 0 aliphatic rings. The molecule has 0 aliphatic carbocycles. The van der Waals surface area contributed by atoms with Gasteiger partial charge in [0.2, 0.25) is 5.91 Å². The molecule has 0 heterocycles. The van der Waals surface area contributed by atoms with Crippen LogP contribution >= 0.6 is 7.82 Å². The molecule has 0 aromatic carbocycles. The van der Waals surface area contributed by atoms with Gasteiger partial charge in [-0.25, -0.2) is 4.57 Å². The minimum Gasteiger partial charge on any atom is -0.393 e. The summed E-state index contributed by atoms with van der Waals surface area (Å²) in [5, 5.41) is 24.0. The Labute approximate surface area is 295 Å². The molecule has 0 saturated heterocycles. The number of nitrogens with one attached hydrogen (secondary N) is 1. The van der Waals surface area contributed by atoms with Crippen molar-refractivity contribution in [2.24, 2.45) is 5.73 Å². The molecule has 0 rings (SSSR count). The second-order valence-corrected chi connectivity index (χ2v) is 15.1. The molecule has 4 unspecified atom stereocenters. The Morgan fingerprint density at radius 2 is 1.15 bits per heavy atom. The van der Waals surface area contributed by atoms with E-state index in [1.54, 1.807) is 0 Å². The summed E-state index contributed by atoms with van der Waals surface area (Å²) in [7, 11) is -4.37. The van der Waals surface area contributed by atoms with Gasteiger partial charge in [0.1, 0.15) is 0 Å². The molecular weight excluding hydrogens is 627 g/mol. The molecule has 10 heteroatoms. The number of allylic oxidation sites excluding steroid dienone is 2. The molecule has 0 saturated carbocycles. The van der Waals surface area contributed by atoms with Gasteiger partial charge in [-0.2, -0.15) is 0 Å². The lowest BCUT2D eigenvalue weighted by Crippen LogP contribution is -2.47. The van der Waals surface area contributed by atoms with E-state index in [4.69, 9.17) is 14.8 Å². The first-order valence-electron chi connectivity index (χ1n) is 19.9. The first-order valence-corrected chi connectivity index (χ1v) is 21.4. The third-order valence-electron chi connectivity index (χ3n) is 8.92. The van der Waals surface area contributed by atoms with Crippen molar-refractivity contribution in [2.75, 3.05) is 19.8 Å². The summed E-state index contributed by atoms with van der Waals surface area (Å²) >= 11 is 0. The van der Waals surface area contributed by atoms with Crippen LogP contribution in [0.2, 0.25) is 0 Å². The average molecular weight is 705 g/mol. The quantitative estimate of drug-likeness (QED) is 0.0244. The Hall–Kier alpha value is -0.800. The molecule has 0 aromatic rings. The van der Waals surface area contributed by atoms with Crippen LogP contribution < -0.4 is 11.1 Å². The lowest BCUT2D eigenvalue weighted by molar-refractivity contribution is -0.125. The van der Waals surface area contributed by atoms with E-state index in [2.05, 4.69) is 31.3 Å². The maximum Gasteiger partial charge on any atom is 0.472 e. The molecular formula is C38H77N2O7P. The Morgan fingerprint density at radius 3 is 1.67 bits per heavy atom. The third-order valence-corrected chi connectivity index (χ3v) is 9.91. The molecule has 1 amide bonds. The van der Waals surface area contributed by atoms with Crippen molar-refractivity contribution < 1.29 is 33.5 Å². The molecule has 0 bridgehead atoms. The van der Waals surface area contributed by atoms with Crippen LogP contribution in [0.15, 0.2) is 12.2 Å². The van der Waals surface area contributed by atoms with E-state index in [9.17, 15) is 24.5 Å². The number of carbonyl (C=O) groups excluding carboxylic acids is 1. The summed E-state index contributed by atoms with van der Waals surface area (Å²) in [6.45, 7) is 3.98. The fraction of sp³-hybridized carbons (Fsp3) is 0.921. The molecule has 0 aromatic heterocycles. The van der Waals surface area contributed by atoms with Gasteiger partial charge in [0.05, 0.1) is 37.9 Å². The topological polar surface area (TPSA) is 151 Å². The summed E-state index contributed by atoms with van der Waals surface area (Å²) in [5.41, 5.74) is 5.35. The summed E-state index contributed by atoms with van der Waals surface area (Å²) in [5.74, 6) is -0.424. The highest BCUT2D eigenvalue weighted by molar-refractivity contribution is 7.47. The van der Waals surface area contributed by atoms with Crippen molar-refractivity contribution in [3.05, 3.63) is 12.2 Å². The van der Waals surface area contributed by atoms with E-state index in [-0.39, 0.29) is 26.2 Å². The zero-order valence-electron chi connectivity index (χ0n) is 31.1. The highest BCUT2D eigenvalue weighted by atomic mass is 31.2. The van der Waals surface area contributed by atoms with Crippen LogP contribution in [0.1, 0.15) is 187 Å². The summed E-state index contributed by atoms with van der Waals surface area (Å²) in [6.07, 6.45) is 32.6. The second kappa shape index (κ2) is 34.6. The van der Waals surface area contributed by atoms with Crippen molar-refractivity contribution in [1.29, 1.82) is 0 Å². The van der Waals surface area contributed by atoms with E-state index >= 15 is 0 Å². The number of nitrogens with two attached hydrogens (primary N) is 1. The Kier molecular flexibility index (Phi) is 34.1. The van der Waals surface area contributed by atoms with Crippen LogP contribution in [0.5, 0.6) is 0 Å². The number of hydrogen-bond donors (Lipinski definition) is 5. The van der Waals surface area contributed by atoms with Gasteiger partial charge in [-0.1, -0.05) is 161 Å². The Bertz CT molecular complexity index is 786. The predicted molar refractivity (Wildman–Crippen MR) is 200 cm³/mol. The number of aliphatic hydroxyl groups is 2. The van der Waals surface area contributed by atoms with Crippen molar-refractivity contribution in [2.45, 2.75) is 205 Å². The van der Waals surface area contributed by atoms with Gasteiger partial charge < -0.3 is 26.2 Å². The van der Waals surface area contributed by atoms with E-state index in [1.807, 2.05) is 0 Å². The first-order chi connectivity index (χ1) is 23.3. The number of phosphoric ester groups is 1. The molecule has 0 fully saturated rings. The number of aliphatic hydroxyl groups excluding tert-OH is 2. The van der Waals surface area contributed by atoms with E-state index in [0.29, 0.717) is 12.8 Å². The maximum atomic E-state index is 12.7. The minimum atomic E-state index is -4.37. The van der Waals surface area contributed by atoms with Gasteiger partial charge >= 0.3 is 7.82 Å². The monoisotopic (exact) mass is 705 g/mol. The molecule has 48 heavy (non-hydrogen) atoms. The van der Waals surface area contributed by atoms with Crippen molar-refractivity contribution in [3.63, 3.8) is 0 Å². The molecule has 0 spiro atoms. The molecule has 4 atom stereocenters. The fourth-order valence-corrected chi connectivity index (χ4v) is 6.63. The largest absolute Gasteiger partial charge is 0.472 e. The lowest BCUT2D eigenvalue weighted by Gasteiger charge is -2.25. The zero-order chi connectivity index (χ0) is 35.6. The Balaban J connectivity index is 4.30. The molecule has 286 valence electrons. The highest BCUT2D eigenvalue weighted by Gasteiger charge is 2.28. The molecule has 9 nitrogen and oxygen atoms in total. The molecule has 6 N–H and O–H groups in total. The molecule has 0 radical (unpaired) electrons. The summed E-state index contributed by atoms with van der Waals surface area (Å²) in [6, 6.07) is -0.896. The average Bonchev–Trinajstić information content (AvgIpc) is 3.06. The highest BCUT2D eigenvalue weighted by Crippen LogP contribution is 2.43. The van der Waals surface area contributed by atoms with E-state index in [1.165, 1.54) is 103 Å². The Morgan fingerprint density at radius 1 is 0.688 bits per heavy atom. The zero-order valence-corrected chi connectivity index (χ0v) is 32.0. The third kappa shape index (κ3) is 32.4. The minimum absolute atomic E-state index is 0.0591. The van der Waals surface area contributed by atoms with Gasteiger partial charge in [-0.3, -0.25) is 13.8 Å². The summed E-state index contributed by atoms with van der Waals surface area (Å²) < 4.78 is 22.0. The number of carbonyl (C=O) groups is 1. The number of rotatable bonds is 37. The number of unbranched alkanes of at least 4 members (excludes halogenated alkanes) is 21. The normalized spacial score (nSPS) is 15.0. The maximum absolute atomic E-state index is 12.7. The SMILES string of the molecule is CCCC/C=C\CCCCCC(O)CC(=O)NC(COP(=O)(O)OCCN)C(O)CCCCCCCCCCCCCCCCCCC. The van der Waals surface area contributed by atoms with Crippen molar-refractivity contribution in [1.82, 2.24) is 5.32 Å². The predicted octanol–water partition coefficient (Wildman–Crippen LogP) is 9.41. The van der Waals surface area contributed by atoms with Crippen LogP contribution in [-0.2, 0) is 18.4 Å². The molecule has 0 aliphatic heterocycles. The second-order valence-electron chi connectivity index (χ2n) is 13.7. The van der Waals surface area contributed by atoms with Gasteiger partial charge in [0.25, 0.3) is 0 Å².